The number of anilines is 1. The van der Waals surface area contributed by atoms with Gasteiger partial charge < -0.3 is 10.4 Å². The number of hydrogen-bond donors (Lipinski definition) is 2. The van der Waals surface area contributed by atoms with E-state index in [2.05, 4.69) is 5.32 Å². The summed E-state index contributed by atoms with van der Waals surface area (Å²) in [6, 6.07) is 4.89. The fraction of sp³-hybridized carbons (Fsp3) is 0.364. The number of aliphatic hydroxyl groups is 1. The number of aliphatic hydroxyl groups excluding tert-OH is 1. The molecular formula is C11H13Cl2NO2S. The first-order valence-electron chi connectivity index (χ1n) is 5.03. The molecule has 0 unspecified atom stereocenters. The van der Waals surface area contributed by atoms with Crippen LogP contribution in [0, 0.1) is 0 Å². The third-order valence-electron chi connectivity index (χ3n) is 2.02. The van der Waals surface area contributed by atoms with Crippen molar-refractivity contribution < 1.29 is 9.90 Å². The van der Waals surface area contributed by atoms with Crippen LogP contribution in [0.4, 0.5) is 5.69 Å². The maximum Gasteiger partial charge on any atom is 0.237 e. The number of nitrogens with one attached hydrogen (secondary N) is 1. The summed E-state index contributed by atoms with van der Waals surface area (Å²) in [5, 5.41) is 12.1. The first kappa shape index (κ1) is 14.6. The summed E-state index contributed by atoms with van der Waals surface area (Å²) in [7, 11) is 0. The van der Waals surface area contributed by atoms with Gasteiger partial charge >= 0.3 is 0 Å². The van der Waals surface area contributed by atoms with Crippen molar-refractivity contribution in [1.82, 2.24) is 0 Å². The molecule has 0 aliphatic rings. The van der Waals surface area contributed by atoms with Gasteiger partial charge in [0.15, 0.2) is 0 Å². The van der Waals surface area contributed by atoms with Crippen molar-refractivity contribution >= 4 is 46.6 Å². The van der Waals surface area contributed by atoms with E-state index < -0.39 is 0 Å². The summed E-state index contributed by atoms with van der Waals surface area (Å²) in [4.78, 5) is 11.8. The van der Waals surface area contributed by atoms with Crippen molar-refractivity contribution in [3.05, 3.63) is 28.2 Å². The van der Waals surface area contributed by atoms with Gasteiger partial charge in [0.05, 0.1) is 22.6 Å². The second-order valence-electron chi connectivity index (χ2n) is 3.35. The van der Waals surface area contributed by atoms with Gasteiger partial charge in [0.2, 0.25) is 5.91 Å². The third kappa shape index (κ3) is 4.76. The van der Waals surface area contributed by atoms with Crippen LogP contribution in [0.15, 0.2) is 18.2 Å². The van der Waals surface area contributed by atoms with Crippen LogP contribution in [-0.4, -0.2) is 28.6 Å². The van der Waals surface area contributed by atoms with Gasteiger partial charge in [-0.1, -0.05) is 23.2 Å². The van der Waals surface area contributed by atoms with E-state index in [1.807, 2.05) is 0 Å². The van der Waals surface area contributed by atoms with E-state index in [9.17, 15) is 4.79 Å². The number of benzene rings is 1. The third-order valence-corrected chi connectivity index (χ3v) is 3.70. The number of thioether (sulfide) groups is 1. The molecule has 0 spiro atoms. The first-order valence-corrected chi connectivity index (χ1v) is 6.83. The highest BCUT2D eigenvalue weighted by Crippen LogP contribution is 2.26. The molecule has 1 atom stereocenters. The Hall–Kier alpha value is -0.420. The molecule has 1 rings (SSSR count). The Labute approximate surface area is 114 Å². The smallest absolute Gasteiger partial charge is 0.237 e. The molecule has 0 saturated heterocycles. The maximum absolute atomic E-state index is 11.8. The Morgan fingerprint density at radius 2 is 2.24 bits per heavy atom. The predicted molar refractivity (Wildman–Crippen MR) is 74.1 cm³/mol. The number of hydrogen-bond acceptors (Lipinski definition) is 3. The van der Waals surface area contributed by atoms with Crippen molar-refractivity contribution in [1.29, 1.82) is 0 Å². The second kappa shape index (κ2) is 7.11. The zero-order valence-electron chi connectivity index (χ0n) is 9.24. The number of rotatable bonds is 5. The summed E-state index contributed by atoms with van der Waals surface area (Å²) in [6.45, 7) is 1.84. The lowest BCUT2D eigenvalue weighted by Gasteiger charge is -2.12. The average molecular weight is 294 g/mol. The molecule has 0 heterocycles. The van der Waals surface area contributed by atoms with Crippen LogP contribution < -0.4 is 5.32 Å². The van der Waals surface area contributed by atoms with Crippen molar-refractivity contribution in [3.8, 4) is 0 Å². The van der Waals surface area contributed by atoms with E-state index in [0.717, 1.165) is 0 Å². The standard InChI is InChI=1S/C11H13Cl2NO2S/c1-7(17-5-4-15)11(16)14-10-3-2-8(12)6-9(10)13/h2-3,6-7,15H,4-5H2,1H3,(H,14,16)/t7-/m1/s1. The normalized spacial score (nSPS) is 12.2. The Kier molecular flexibility index (Phi) is 6.12. The fourth-order valence-corrected chi connectivity index (χ4v) is 2.26. The summed E-state index contributed by atoms with van der Waals surface area (Å²) in [5.41, 5.74) is 0.539. The quantitative estimate of drug-likeness (QED) is 0.877. The van der Waals surface area contributed by atoms with E-state index in [1.54, 1.807) is 25.1 Å². The van der Waals surface area contributed by atoms with Crippen LogP contribution in [0.1, 0.15) is 6.92 Å². The molecule has 2 N–H and O–H groups in total. The highest BCUT2D eigenvalue weighted by atomic mass is 35.5. The number of carbonyl (C=O) groups excluding carboxylic acids is 1. The zero-order chi connectivity index (χ0) is 12.8. The van der Waals surface area contributed by atoms with E-state index in [1.165, 1.54) is 11.8 Å². The fourth-order valence-electron chi connectivity index (χ4n) is 1.13. The molecule has 1 aromatic rings. The minimum absolute atomic E-state index is 0.0595. The summed E-state index contributed by atoms with van der Waals surface area (Å²) < 4.78 is 0. The molecule has 1 aromatic carbocycles. The van der Waals surface area contributed by atoms with Crippen molar-refractivity contribution in [2.45, 2.75) is 12.2 Å². The van der Waals surface area contributed by atoms with Crippen LogP contribution in [0.25, 0.3) is 0 Å². The van der Waals surface area contributed by atoms with Gasteiger partial charge in [0.25, 0.3) is 0 Å². The van der Waals surface area contributed by atoms with E-state index in [-0.39, 0.29) is 17.8 Å². The summed E-state index contributed by atoms with van der Waals surface area (Å²) in [6.07, 6.45) is 0. The molecule has 0 radical (unpaired) electrons. The predicted octanol–water partition coefficient (Wildman–Crippen LogP) is 3.05. The van der Waals surface area contributed by atoms with E-state index in [4.69, 9.17) is 28.3 Å². The van der Waals surface area contributed by atoms with Crippen LogP contribution in [0.5, 0.6) is 0 Å². The number of halogens is 2. The Morgan fingerprint density at radius 1 is 1.53 bits per heavy atom. The monoisotopic (exact) mass is 293 g/mol. The largest absolute Gasteiger partial charge is 0.396 e. The highest BCUT2D eigenvalue weighted by molar-refractivity contribution is 8.00. The van der Waals surface area contributed by atoms with Gasteiger partial charge in [-0.3, -0.25) is 4.79 Å². The van der Waals surface area contributed by atoms with Crippen molar-refractivity contribution in [2.75, 3.05) is 17.7 Å². The molecule has 0 aromatic heterocycles. The second-order valence-corrected chi connectivity index (χ2v) is 5.64. The van der Waals surface area contributed by atoms with Crippen LogP contribution in [-0.2, 0) is 4.79 Å². The Balaban J connectivity index is 2.61. The molecule has 0 bridgehead atoms. The van der Waals surface area contributed by atoms with Gasteiger partial charge in [-0.2, -0.15) is 0 Å². The van der Waals surface area contributed by atoms with Crippen LogP contribution in [0.3, 0.4) is 0 Å². The minimum Gasteiger partial charge on any atom is -0.396 e. The first-order chi connectivity index (χ1) is 8.04. The molecule has 0 aliphatic heterocycles. The van der Waals surface area contributed by atoms with Crippen LogP contribution in [0.2, 0.25) is 10.0 Å². The molecule has 17 heavy (non-hydrogen) atoms. The van der Waals surface area contributed by atoms with Gasteiger partial charge in [0.1, 0.15) is 0 Å². The molecule has 0 saturated carbocycles. The molecule has 0 aliphatic carbocycles. The average Bonchev–Trinajstić information content (AvgIpc) is 2.29. The van der Waals surface area contributed by atoms with E-state index in [0.29, 0.717) is 21.5 Å². The minimum atomic E-state index is -0.242. The molecule has 6 heteroatoms. The molecular weight excluding hydrogens is 281 g/mol. The van der Waals surface area contributed by atoms with Gasteiger partial charge in [0, 0.05) is 10.8 Å². The maximum atomic E-state index is 11.8. The highest BCUT2D eigenvalue weighted by Gasteiger charge is 2.14. The van der Waals surface area contributed by atoms with Gasteiger partial charge in [-0.15, -0.1) is 11.8 Å². The molecule has 1 amide bonds. The lowest BCUT2D eigenvalue weighted by molar-refractivity contribution is -0.115. The topological polar surface area (TPSA) is 49.3 Å². The number of amides is 1. The van der Waals surface area contributed by atoms with Crippen molar-refractivity contribution in [2.24, 2.45) is 0 Å². The van der Waals surface area contributed by atoms with Gasteiger partial charge in [-0.05, 0) is 25.1 Å². The van der Waals surface area contributed by atoms with Gasteiger partial charge in [-0.25, -0.2) is 0 Å². The SMILES string of the molecule is C[C@@H](SCCO)C(=O)Nc1ccc(Cl)cc1Cl. The van der Waals surface area contributed by atoms with E-state index >= 15 is 0 Å². The Bertz CT molecular complexity index is 401. The molecule has 94 valence electrons. The molecule has 0 fully saturated rings. The van der Waals surface area contributed by atoms with Crippen molar-refractivity contribution in [3.63, 3.8) is 0 Å². The van der Waals surface area contributed by atoms with Crippen LogP contribution >= 0.6 is 35.0 Å². The lowest BCUT2D eigenvalue weighted by atomic mass is 10.3. The Morgan fingerprint density at radius 3 is 2.82 bits per heavy atom. The zero-order valence-corrected chi connectivity index (χ0v) is 11.6. The number of carbonyl (C=O) groups is 1. The lowest BCUT2D eigenvalue weighted by Crippen LogP contribution is -2.23. The molecule has 3 nitrogen and oxygen atoms in total. The summed E-state index contributed by atoms with van der Waals surface area (Å²) >= 11 is 13.1. The summed E-state index contributed by atoms with van der Waals surface area (Å²) in [5.74, 6) is 0.385.